The van der Waals surface area contributed by atoms with Crippen molar-refractivity contribution in [3.05, 3.63) is 143 Å². The lowest BCUT2D eigenvalue weighted by atomic mass is 10.0. The Labute approximate surface area is 408 Å². The van der Waals surface area contributed by atoms with Crippen molar-refractivity contribution in [2.45, 2.75) is 100 Å². The average Bonchev–Trinajstić information content (AvgIpc) is 4.25. The zero-order valence-electron chi connectivity index (χ0n) is 38.8. The summed E-state index contributed by atoms with van der Waals surface area (Å²) in [6.45, 7) is 13.9. The Morgan fingerprint density at radius 2 is 0.939 bits per heavy atom. The van der Waals surface area contributed by atoms with Gasteiger partial charge in [-0.25, -0.2) is 22.4 Å². The van der Waals surface area contributed by atoms with Crippen molar-refractivity contribution in [3.63, 3.8) is 0 Å². The van der Waals surface area contributed by atoms with Crippen molar-refractivity contribution in [1.82, 2.24) is 20.4 Å². The van der Waals surface area contributed by atoms with Crippen LogP contribution in [0.5, 0.6) is 0 Å². The highest BCUT2D eigenvalue weighted by molar-refractivity contribution is 9.09. The zero-order valence-corrected chi connectivity index (χ0v) is 42.1. The minimum absolute atomic E-state index is 0.0818. The molecular formula is C53H69BrF4N4O2S2. The van der Waals surface area contributed by atoms with E-state index in [9.17, 15) is 22.4 Å². The predicted octanol–water partition coefficient (Wildman–Crippen LogP) is 12.8. The van der Waals surface area contributed by atoms with Crippen LogP contribution >= 0.6 is 39.5 Å². The van der Waals surface area contributed by atoms with Crippen LogP contribution in [0.15, 0.2) is 97.1 Å². The van der Waals surface area contributed by atoms with Gasteiger partial charge in [-0.3, -0.25) is 0 Å². The molecule has 0 atom stereocenters. The number of alkyl halides is 1. The molecule has 2 saturated heterocycles. The number of halogens is 5. The number of benzene rings is 4. The third-order valence-electron chi connectivity index (χ3n) is 12.2. The van der Waals surface area contributed by atoms with Crippen LogP contribution in [-0.2, 0) is 4.74 Å². The van der Waals surface area contributed by atoms with Gasteiger partial charge in [0.2, 0.25) is 0 Å². The first kappa shape index (κ1) is 52.3. The van der Waals surface area contributed by atoms with E-state index in [-0.39, 0.29) is 45.9 Å². The number of amides is 1. The molecule has 4 aromatic rings. The number of piperidine rings is 2. The Morgan fingerprint density at radius 1 is 0.591 bits per heavy atom. The van der Waals surface area contributed by atoms with Gasteiger partial charge < -0.3 is 25.2 Å². The van der Waals surface area contributed by atoms with Gasteiger partial charge in [0.15, 0.2) is 0 Å². The molecule has 0 aromatic heterocycles. The summed E-state index contributed by atoms with van der Waals surface area (Å²) in [6, 6.07) is 27.2. The largest absolute Gasteiger partial charge is 0.444 e. The molecule has 360 valence electrons. The number of thioether (sulfide) groups is 2. The molecule has 6 nitrogen and oxygen atoms in total. The molecule has 2 saturated carbocycles. The molecule has 0 spiro atoms. The number of alkyl carbamates (subject to hydrolysis) is 1. The SMILES string of the molecule is CC(C)(C)OC(=O)NC1CCN(CC2CC2)CC1.Fc1ccc(C(SCCBr)c2ccc(F)cc2)cc1.Fc1ccc(C(SCCNC2CCN(CC3CC3)CC2)c2ccc(F)cc2)cc1. The highest BCUT2D eigenvalue weighted by atomic mass is 79.9. The second kappa shape index (κ2) is 26.6. The quantitative estimate of drug-likeness (QED) is 0.0621. The van der Waals surface area contributed by atoms with Gasteiger partial charge in [-0.1, -0.05) is 64.5 Å². The topological polar surface area (TPSA) is 56.8 Å². The Balaban J connectivity index is 0.000000171. The third-order valence-corrected chi connectivity index (χ3v) is 15.8. The highest BCUT2D eigenvalue weighted by Gasteiger charge is 2.29. The molecule has 2 aliphatic heterocycles. The van der Waals surface area contributed by atoms with Gasteiger partial charge in [0.1, 0.15) is 28.9 Å². The first-order valence-corrected chi connectivity index (χ1v) is 27.0. The van der Waals surface area contributed by atoms with E-state index in [1.807, 2.05) is 56.8 Å². The van der Waals surface area contributed by atoms with Gasteiger partial charge >= 0.3 is 6.09 Å². The van der Waals surface area contributed by atoms with Crippen LogP contribution in [0.4, 0.5) is 22.4 Å². The van der Waals surface area contributed by atoms with E-state index in [4.69, 9.17) is 4.74 Å². The van der Waals surface area contributed by atoms with E-state index in [2.05, 4.69) is 36.4 Å². The molecule has 0 unspecified atom stereocenters. The van der Waals surface area contributed by atoms with Gasteiger partial charge in [0.25, 0.3) is 0 Å². The van der Waals surface area contributed by atoms with Gasteiger partial charge in [-0.2, -0.15) is 0 Å². The summed E-state index contributed by atoms with van der Waals surface area (Å²) in [6.07, 6.45) is 9.97. The first-order valence-electron chi connectivity index (χ1n) is 23.8. The fourth-order valence-corrected chi connectivity index (χ4v) is 11.1. The van der Waals surface area contributed by atoms with Crippen LogP contribution in [0.3, 0.4) is 0 Å². The molecule has 2 heterocycles. The third kappa shape index (κ3) is 19.1. The van der Waals surface area contributed by atoms with Crippen molar-refractivity contribution < 1.29 is 27.1 Å². The van der Waals surface area contributed by atoms with Crippen molar-refractivity contribution in [2.75, 3.05) is 62.6 Å². The van der Waals surface area contributed by atoms with Gasteiger partial charge in [-0.05, 0) is 168 Å². The average molecular weight is 1010 g/mol. The number of hydrogen-bond acceptors (Lipinski definition) is 7. The van der Waals surface area contributed by atoms with Crippen LogP contribution in [-0.4, -0.2) is 96.2 Å². The Kier molecular flexibility index (Phi) is 21.1. The maximum absolute atomic E-state index is 13.3. The smallest absolute Gasteiger partial charge is 0.407 e. The van der Waals surface area contributed by atoms with Crippen molar-refractivity contribution in [1.29, 1.82) is 0 Å². The standard InChI is InChI=1S/C24H30F2N2S.C15H13BrF2S.C14H26N2O2/c25-21-7-3-19(4-8-21)24(20-5-9-22(26)10-6-20)29-16-13-27-23-11-14-28(15-12-23)17-18-1-2-18;16-9-10-19-15(11-1-5-13(17)6-2-11)12-3-7-14(18)8-4-12;1-14(2,3)18-13(17)15-12-6-8-16(9-7-12)10-11-4-5-11/h3-10,18,23-24,27H,1-2,11-17H2;1-8,15H,9-10H2;11-12H,4-10H2,1-3H3,(H,15,17). The Hall–Kier alpha value is -3.07. The predicted molar refractivity (Wildman–Crippen MR) is 270 cm³/mol. The molecule has 4 aromatic carbocycles. The number of nitrogens with one attached hydrogen (secondary N) is 2. The van der Waals surface area contributed by atoms with Gasteiger partial charge in [0, 0.05) is 61.6 Å². The van der Waals surface area contributed by atoms with Crippen LogP contribution in [0, 0.1) is 35.1 Å². The molecule has 4 fully saturated rings. The highest BCUT2D eigenvalue weighted by Crippen LogP contribution is 2.37. The molecule has 2 aliphatic carbocycles. The summed E-state index contributed by atoms with van der Waals surface area (Å²) >= 11 is 6.98. The fourth-order valence-electron chi connectivity index (χ4n) is 8.31. The summed E-state index contributed by atoms with van der Waals surface area (Å²) in [7, 11) is 0. The Bertz CT molecular complexity index is 1910. The summed E-state index contributed by atoms with van der Waals surface area (Å²) in [4.78, 5) is 16.8. The molecule has 66 heavy (non-hydrogen) atoms. The minimum atomic E-state index is -0.406. The van der Waals surface area contributed by atoms with E-state index in [0.717, 1.165) is 83.4 Å². The molecule has 13 heteroatoms. The number of rotatable bonds is 17. The van der Waals surface area contributed by atoms with Gasteiger partial charge in [0.05, 0.1) is 10.5 Å². The minimum Gasteiger partial charge on any atom is -0.444 e. The molecule has 8 rings (SSSR count). The zero-order chi connectivity index (χ0) is 46.9. The second-order valence-electron chi connectivity index (χ2n) is 19.0. The van der Waals surface area contributed by atoms with Crippen LogP contribution in [0.25, 0.3) is 0 Å². The number of carbonyl (C=O) groups is 1. The van der Waals surface area contributed by atoms with Crippen molar-refractivity contribution >= 4 is 45.5 Å². The number of likely N-dealkylation sites (tertiary alicyclic amines) is 2. The lowest BCUT2D eigenvalue weighted by Crippen LogP contribution is -2.46. The lowest BCUT2D eigenvalue weighted by Gasteiger charge is -2.32. The second-order valence-corrected chi connectivity index (χ2v) is 22.3. The van der Waals surface area contributed by atoms with E-state index < -0.39 is 5.60 Å². The number of nitrogens with zero attached hydrogens (tertiary/aromatic N) is 2. The molecular weight excluding hydrogens is 945 g/mol. The van der Waals surface area contributed by atoms with Crippen LogP contribution in [0.1, 0.15) is 105 Å². The summed E-state index contributed by atoms with van der Waals surface area (Å²) in [5.41, 5.74) is 3.75. The first-order chi connectivity index (χ1) is 31.8. The maximum Gasteiger partial charge on any atom is 0.407 e. The van der Waals surface area contributed by atoms with Crippen LogP contribution in [0.2, 0.25) is 0 Å². The molecule has 4 aliphatic rings. The normalized spacial score (nSPS) is 17.5. The number of hydrogen-bond donors (Lipinski definition) is 2. The van der Waals surface area contributed by atoms with E-state index in [0.29, 0.717) is 6.04 Å². The van der Waals surface area contributed by atoms with Gasteiger partial charge in [-0.15, -0.1) is 23.5 Å². The molecule has 1 amide bonds. The number of carbonyl (C=O) groups excluding carboxylic acids is 1. The Morgan fingerprint density at radius 3 is 1.27 bits per heavy atom. The fraction of sp³-hybridized carbons (Fsp3) is 0.528. The van der Waals surface area contributed by atoms with Crippen molar-refractivity contribution in [3.8, 4) is 0 Å². The monoisotopic (exact) mass is 1010 g/mol. The van der Waals surface area contributed by atoms with E-state index >= 15 is 0 Å². The molecule has 2 N–H and O–H groups in total. The maximum atomic E-state index is 13.3. The molecule has 0 radical (unpaired) electrons. The lowest BCUT2D eigenvalue weighted by molar-refractivity contribution is 0.0478. The van der Waals surface area contributed by atoms with E-state index in [1.54, 1.807) is 36.0 Å². The summed E-state index contributed by atoms with van der Waals surface area (Å²) < 4.78 is 58.0. The van der Waals surface area contributed by atoms with Crippen molar-refractivity contribution in [2.24, 2.45) is 11.8 Å². The molecule has 0 bridgehead atoms. The van der Waals surface area contributed by atoms with Crippen LogP contribution < -0.4 is 10.6 Å². The van der Waals surface area contributed by atoms with E-state index in [1.165, 1.54) is 113 Å². The number of ether oxygens (including phenoxy) is 1. The summed E-state index contributed by atoms with van der Waals surface area (Å²) in [5.74, 6) is 2.88. The summed E-state index contributed by atoms with van der Waals surface area (Å²) in [5, 5.41) is 7.76.